The van der Waals surface area contributed by atoms with Gasteiger partial charge in [0, 0.05) is 12.5 Å². The number of carbonyl (C=O) groups excluding carboxylic acids is 2. The Labute approximate surface area is 166 Å². The quantitative estimate of drug-likeness (QED) is 0.559. The Kier molecular flexibility index (Phi) is 4.52. The number of carbonyl (C=O) groups is 2. The van der Waals surface area contributed by atoms with E-state index in [1.807, 2.05) is 61.5 Å². The summed E-state index contributed by atoms with van der Waals surface area (Å²) < 4.78 is 1.67. The van der Waals surface area contributed by atoms with Crippen LogP contribution in [0.15, 0.2) is 54.6 Å². The summed E-state index contributed by atoms with van der Waals surface area (Å²) in [7, 11) is 0. The number of anilines is 1. The van der Waals surface area contributed by atoms with E-state index < -0.39 is 5.91 Å². The van der Waals surface area contributed by atoms with Gasteiger partial charge in [0.1, 0.15) is 5.52 Å². The molecule has 0 saturated heterocycles. The minimum absolute atomic E-state index is 0.00754. The fourth-order valence-corrected chi connectivity index (χ4v) is 3.02. The van der Waals surface area contributed by atoms with Gasteiger partial charge in [0.25, 0.3) is 5.91 Å². The topological polar surface area (TPSA) is 116 Å². The normalized spacial score (nSPS) is 10.8. The van der Waals surface area contributed by atoms with Crippen LogP contribution in [-0.4, -0.2) is 31.3 Å². The predicted octanol–water partition coefficient (Wildman–Crippen LogP) is 2.85. The third-order valence-electron chi connectivity index (χ3n) is 4.35. The van der Waals surface area contributed by atoms with Crippen LogP contribution in [0.2, 0.25) is 0 Å². The second-order valence-corrected chi connectivity index (χ2v) is 6.59. The Morgan fingerprint density at radius 2 is 1.66 bits per heavy atom. The molecule has 2 aromatic carbocycles. The summed E-state index contributed by atoms with van der Waals surface area (Å²) in [6.07, 6.45) is 0. The van der Waals surface area contributed by atoms with Gasteiger partial charge < -0.3 is 5.73 Å². The van der Waals surface area contributed by atoms with Gasteiger partial charge in [0.2, 0.25) is 11.9 Å². The molecule has 29 heavy (non-hydrogen) atoms. The van der Waals surface area contributed by atoms with Gasteiger partial charge in [0.15, 0.2) is 17.2 Å². The molecule has 8 nitrogen and oxygen atoms in total. The van der Waals surface area contributed by atoms with Crippen molar-refractivity contribution in [2.75, 3.05) is 5.32 Å². The maximum atomic E-state index is 12.1. The van der Waals surface area contributed by atoms with E-state index >= 15 is 0 Å². The Balaban J connectivity index is 2.06. The molecule has 2 amide bonds. The van der Waals surface area contributed by atoms with Crippen LogP contribution in [0.3, 0.4) is 0 Å². The lowest BCUT2D eigenvalue weighted by Gasteiger charge is -2.09. The molecule has 4 rings (SSSR count). The highest BCUT2D eigenvalue weighted by atomic mass is 16.2. The van der Waals surface area contributed by atoms with Crippen LogP contribution in [0.5, 0.6) is 0 Å². The molecule has 144 valence electrons. The van der Waals surface area contributed by atoms with E-state index in [2.05, 4.69) is 20.3 Å². The zero-order chi connectivity index (χ0) is 20.5. The lowest BCUT2D eigenvalue weighted by atomic mass is 10.1. The molecule has 0 atom stereocenters. The molecule has 0 fully saturated rings. The lowest BCUT2D eigenvalue weighted by molar-refractivity contribution is -0.114. The molecule has 0 saturated carbocycles. The standard InChI is InChI=1S/C21H18N6O2/c1-12-8-10-14(11-9-12)19-24-16(18(22)29)17-20(26-19)27(15-6-4-3-5-7-15)21(25-17)23-13(2)28/h3-11H,1-2H3,(H2,22,29)(H,23,25,28). The van der Waals surface area contributed by atoms with E-state index in [0.29, 0.717) is 11.5 Å². The van der Waals surface area contributed by atoms with E-state index in [1.54, 1.807) is 4.57 Å². The van der Waals surface area contributed by atoms with Crippen LogP contribution in [0.1, 0.15) is 23.0 Å². The van der Waals surface area contributed by atoms with Gasteiger partial charge in [-0.2, -0.15) is 0 Å². The number of nitrogens with zero attached hydrogens (tertiary/aromatic N) is 4. The fraction of sp³-hybridized carbons (Fsp3) is 0.0952. The van der Waals surface area contributed by atoms with Gasteiger partial charge in [-0.3, -0.25) is 19.5 Å². The van der Waals surface area contributed by atoms with Gasteiger partial charge in [-0.1, -0.05) is 48.0 Å². The molecule has 0 bridgehead atoms. The Hall–Kier alpha value is -4.07. The summed E-state index contributed by atoms with van der Waals surface area (Å²) in [6.45, 7) is 3.36. The minimum atomic E-state index is -0.724. The van der Waals surface area contributed by atoms with Crippen molar-refractivity contribution in [3.63, 3.8) is 0 Å². The molecular formula is C21H18N6O2. The molecule has 4 aromatic rings. The van der Waals surface area contributed by atoms with Crippen molar-refractivity contribution < 1.29 is 9.59 Å². The number of aryl methyl sites for hydroxylation is 1. The van der Waals surface area contributed by atoms with Gasteiger partial charge in [-0.05, 0) is 19.1 Å². The molecule has 0 spiro atoms. The number of benzene rings is 2. The molecule has 8 heteroatoms. The molecule has 3 N–H and O–H groups in total. The third kappa shape index (κ3) is 3.43. The average Bonchev–Trinajstić information content (AvgIpc) is 3.05. The Morgan fingerprint density at radius 3 is 2.28 bits per heavy atom. The number of nitrogens with one attached hydrogen (secondary N) is 1. The SMILES string of the molecule is CC(=O)Nc1nc2c(C(N)=O)nc(-c3ccc(C)cc3)nc2n1-c1ccccc1. The van der Waals surface area contributed by atoms with Crippen molar-refractivity contribution in [1.82, 2.24) is 19.5 Å². The van der Waals surface area contributed by atoms with Crippen LogP contribution < -0.4 is 11.1 Å². The number of nitrogens with two attached hydrogens (primary N) is 1. The highest BCUT2D eigenvalue weighted by Crippen LogP contribution is 2.27. The summed E-state index contributed by atoms with van der Waals surface area (Å²) in [5.74, 6) is -0.447. The van der Waals surface area contributed by atoms with E-state index in [1.165, 1.54) is 6.92 Å². The summed E-state index contributed by atoms with van der Waals surface area (Å²) in [6, 6.07) is 16.9. The van der Waals surface area contributed by atoms with Crippen molar-refractivity contribution in [2.45, 2.75) is 13.8 Å². The number of primary amides is 1. The first-order valence-electron chi connectivity index (χ1n) is 8.94. The maximum Gasteiger partial charge on any atom is 0.269 e. The van der Waals surface area contributed by atoms with Gasteiger partial charge >= 0.3 is 0 Å². The molecule has 0 aliphatic rings. The number of aromatic nitrogens is 4. The molecule has 0 aliphatic carbocycles. The molecule has 2 heterocycles. The molecular weight excluding hydrogens is 368 g/mol. The first kappa shape index (κ1) is 18.3. The number of rotatable bonds is 4. The lowest BCUT2D eigenvalue weighted by Crippen LogP contribution is -2.15. The first-order chi connectivity index (χ1) is 13.9. The maximum absolute atomic E-state index is 12.1. The van der Waals surface area contributed by atoms with Crippen LogP contribution in [-0.2, 0) is 4.79 Å². The number of fused-ring (bicyclic) bond motifs is 1. The number of imidazole rings is 1. The highest BCUT2D eigenvalue weighted by Gasteiger charge is 2.22. The van der Waals surface area contributed by atoms with Crippen molar-refractivity contribution in [2.24, 2.45) is 5.73 Å². The monoisotopic (exact) mass is 386 g/mol. The predicted molar refractivity (Wildman–Crippen MR) is 110 cm³/mol. The molecule has 0 radical (unpaired) electrons. The average molecular weight is 386 g/mol. The Bertz CT molecular complexity index is 1230. The van der Waals surface area contributed by atoms with Gasteiger partial charge in [-0.15, -0.1) is 0 Å². The number of hydrogen-bond donors (Lipinski definition) is 2. The number of hydrogen-bond acceptors (Lipinski definition) is 5. The second kappa shape index (κ2) is 7.16. The molecule has 2 aromatic heterocycles. The summed E-state index contributed by atoms with van der Waals surface area (Å²) in [4.78, 5) is 37.3. The second-order valence-electron chi connectivity index (χ2n) is 6.59. The number of para-hydroxylation sites is 1. The van der Waals surface area contributed by atoms with Crippen LogP contribution in [0.25, 0.3) is 28.2 Å². The van der Waals surface area contributed by atoms with E-state index in [-0.39, 0.29) is 23.1 Å². The zero-order valence-corrected chi connectivity index (χ0v) is 15.9. The zero-order valence-electron chi connectivity index (χ0n) is 15.9. The van der Waals surface area contributed by atoms with Crippen molar-refractivity contribution in [3.8, 4) is 17.1 Å². The van der Waals surface area contributed by atoms with E-state index in [0.717, 1.165) is 16.8 Å². The van der Waals surface area contributed by atoms with Crippen LogP contribution in [0.4, 0.5) is 5.95 Å². The van der Waals surface area contributed by atoms with E-state index in [9.17, 15) is 9.59 Å². The van der Waals surface area contributed by atoms with Crippen LogP contribution >= 0.6 is 0 Å². The molecule has 0 unspecified atom stereocenters. The Morgan fingerprint density at radius 1 is 0.966 bits per heavy atom. The summed E-state index contributed by atoms with van der Waals surface area (Å²) in [5, 5.41) is 2.69. The minimum Gasteiger partial charge on any atom is -0.364 e. The first-order valence-corrected chi connectivity index (χ1v) is 8.94. The van der Waals surface area contributed by atoms with E-state index in [4.69, 9.17) is 5.73 Å². The molecule has 0 aliphatic heterocycles. The van der Waals surface area contributed by atoms with Crippen molar-refractivity contribution >= 4 is 28.9 Å². The fourth-order valence-electron chi connectivity index (χ4n) is 3.02. The number of amides is 2. The third-order valence-corrected chi connectivity index (χ3v) is 4.35. The largest absolute Gasteiger partial charge is 0.364 e. The van der Waals surface area contributed by atoms with Gasteiger partial charge in [-0.25, -0.2) is 15.0 Å². The summed E-state index contributed by atoms with van der Waals surface area (Å²) in [5.41, 5.74) is 8.73. The van der Waals surface area contributed by atoms with Crippen molar-refractivity contribution in [3.05, 3.63) is 65.9 Å². The summed E-state index contributed by atoms with van der Waals surface area (Å²) >= 11 is 0. The van der Waals surface area contributed by atoms with Gasteiger partial charge in [0.05, 0.1) is 5.69 Å². The smallest absolute Gasteiger partial charge is 0.269 e. The highest BCUT2D eigenvalue weighted by molar-refractivity contribution is 6.03. The van der Waals surface area contributed by atoms with Crippen LogP contribution in [0, 0.1) is 6.92 Å². The van der Waals surface area contributed by atoms with Crippen molar-refractivity contribution in [1.29, 1.82) is 0 Å².